The highest BCUT2D eigenvalue weighted by molar-refractivity contribution is 7.18. The Hall–Kier alpha value is -2.40. The van der Waals surface area contributed by atoms with Crippen LogP contribution in [0.2, 0.25) is 0 Å². The number of thiazole rings is 1. The van der Waals surface area contributed by atoms with Crippen LogP contribution in [0.5, 0.6) is 5.75 Å². The predicted octanol–water partition coefficient (Wildman–Crippen LogP) is 3.96. The number of benzene rings is 2. The predicted molar refractivity (Wildman–Crippen MR) is 97.9 cm³/mol. The van der Waals surface area contributed by atoms with Crippen LogP contribution in [0.1, 0.15) is 29.5 Å². The van der Waals surface area contributed by atoms with Crippen LogP contribution in [0.4, 0.5) is 0 Å². The van der Waals surface area contributed by atoms with Gasteiger partial charge in [0.05, 0.1) is 16.3 Å². The van der Waals surface area contributed by atoms with Gasteiger partial charge in [-0.15, -0.1) is 11.3 Å². The summed E-state index contributed by atoms with van der Waals surface area (Å²) >= 11 is 1.70. The van der Waals surface area contributed by atoms with Gasteiger partial charge in [0, 0.05) is 13.0 Å². The maximum Gasteiger partial charge on any atom is 0.264 e. The Bertz CT molecular complexity index is 894. The van der Waals surface area contributed by atoms with Crippen molar-refractivity contribution in [2.24, 2.45) is 0 Å². The summed E-state index contributed by atoms with van der Waals surface area (Å²) in [5.41, 5.74) is 2.14. The Kier molecular flexibility index (Phi) is 3.48. The molecule has 5 heteroatoms. The van der Waals surface area contributed by atoms with Gasteiger partial charge in [-0.05, 0) is 36.6 Å². The molecule has 1 aromatic heterocycles. The number of ether oxygens (including phenoxy) is 1. The summed E-state index contributed by atoms with van der Waals surface area (Å²) in [5, 5.41) is 1.04. The molecule has 0 saturated carbocycles. The fourth-order valence-corrected chi connectivity index (χ4v) is 4.94. The monoisotopic (exact) mass is 350 g/mol. The van der Waals surface area contributed by atoms with E-state index in [0.717, 1.165) is 41.2 Å². The maximum atomic E-state index is 13.1. The molecule has 4 nitrogen and oxygen atoms in total. The third-order valence-corrected chi connectivity index (χ3v) is 6.19. The van der Waals surface area contributed by atoms with Gasteiger partial charge in [-0.1, -0.05) is 30.3 Å². The quantitative estimate of drug-likeness (QED) is 0.702. The summed E-state index contributed by atoms with van der Waals surface area (Å²) < 4.78 is 7.10. The van der Waals surface area contributed by atoms with Crippen molar-refractivity contribution in [3.63, 3.8) is 0 Å². The van der Waals surface area contributed by atoms with E-state index >= 15 is 0 Å². The van der Waals surface area contributed by atoms with E-state index < -0.39 is 6.10 Å². The number of likely N-dealkylation sites (tertiary alicyclic amines) is 1. The summed E-state index contributed by atoms with van der Waals surface area (Å²) in [7, 11) is 0. The number of carbonyl (C=O) groups excluding carboxylic acids is 1. The molecule has 25 heavy (non-hydrogen) atoms. The average molecular weight is 350 g/mol. The Balaban J connectivity index is 1.40. The van der Waals surface area contributed by atoms with E-state index in [0.29, 0.717) is 6.42 Å². The highest BCUT2D eigenvalue weighted by atomic mass is 32.1. The topological polar surface area (TPSA) is 42.4 Å². The van der Waals surface area contributed by atoms with Gasteiger partial charge in [-0.3, -0.25) is 4.79 Å². The third-order valence-electron chi connectivity index (χ3n) is 5.05. The van der Waals surface area contributed by atoms with E-state index in [2.05, 4.69) is 6.07 Å². The van der Waals surface area contributed by atoms with Crippen LogP contribution >= 0.6 is 11.3 Å². The normalized spacial score (nSPS) is 22.2. The van der Waals surface area contributed by atoms with E-state index in [1.807, 2.05) is 47.4 Å². The Labute approximate surface area is 150 Å². The number of carbonyl (C=O) groups is 1. The van der Waals surface area contributed by atoms with Gasteiger partial charge in [0.25, 0.3) is 5.91 Å². The minimum absolute atomic E-state index is 0.0808. The molecule has 2 atom stereocenters. The first-order valence-electron chi connectivity index (χ1n) is 8.70. The average Bonchev–Trinajstić information content (AvgIpc) is 3.36. The molecule has 2 aliphatic rings. The van der Waals surface area contributed by atoms with Crippen LogP contribution in [0, 0.1) is 0 Å². The molecule has 0 radical (unpaired) electrons. The van der Waals surface area contributed by atoms with Crippen LogP contribution in [0.15, 0.2) is 48.5 Å². The number of rotatable bonds is 2. The smallest absolute Gasteiger partial charge is 0.264 e. The number of hydrogen-bond acceptors (Lipinski definition) is 4. The Morgan fingerprint density at radius 3 is 2.88 bits per heavy atom. The van der Waals surface area contributed by atoms with Crippen LogP contribution in [-0.4, -0.2) is 28.4 Å². The molecule has 0 aliphatic carbocycles. The molecular formula is C20H18N2O2S. The highest BCUT2D eigenvalue weighted by Crippen LogP contribution is 2.38. The van der Waals surface area contributed by atoms with Gasteiger partial charge < -0.3 is 9.64 Å². The zero-order chi connectivity index (χ0) is 16.8. The second-order valence-corrected chi connectivity index (χ2v) is 7.69. The minimum atomic E-state index is -0.396. The number of hydrogen-bond donors (Lipinski definition) is 0. The molecule has 2 aromatic carbocycles. The molecule has 0 N–H and O–H groups in total. The van der Waals surface area contributed by atoms with Crippen molar-refractivity contribution in [2.75, 3.05) is 6.54 Å². The van der Waals surface area contributed by atoms with E-state index in [4.69, 9.17) is 9.72 Å². The lowest BCUT2D eigenvalue weighted by atomic mass is 10.1. The third kappa shape index (κ3) is 2.50. The molecule has 3 aromatic rings. The lowest BCUT2D eigenvalue weighted by molar-refractivity contribution is -0.138. The molecule has 1 saturated heterocycles. The first kappa shape index (κ1) is 14.9. The van der Waals surface area contributed by atoms with Crippen molar-refractivity contribution in [1.82, 2.24) is 9.88 Å². The second-order valence-electron chi connectivity index (χ2n) is 6.63. The summed E-state index contributed by atoms with van der Waals surface area (Å²) in [6.45, 7) is 0.787. The van der Waals surface area contributed by atoms with Gasteiger partial charge in [-0.2, -0.15) is 0 Å². The van der Waals surface area contributed by atoms with Crippen molar-refractivity contribution in [1.29, 1.82) is 0 Å². The molecule has 0 bridgehead atoms. The van der Waals surface area contributed by atoms with E-state index in [1.54, 1.807) is 11.3 Å². The largest absolute Gasteiger partial charge is 0.480 e. The molecule has 2 unspecified atom stereocenters. The van der Waals surface area contributed by atoms with Crippen molar-refractivity contribution in [2.45, 2.75) is 31.4 Å². The van der Waals surface area contributed by atoms with Crippen molar-refractivity contribution >= 4 is 27.5 Å². The van der Waals surface area contributed by atoms with E-state index in [9.17, 15) is 4.79 Å². The number of amides is 1. The summed E-state index contributed by atoms with van der Waals surface area (Å²) in [4.78, 5) is 19.9. The molecule has 3 heterocycles. The molecular weight excluding hydrogens is 332 g/mol. The van der Waals surface area contributed by atoms with Gasteiger partial charge in [-0.25, -0.2) is 4.98 Å². The second kappa shape index (κ2) is 5.85. The zero-order valence-electron chi connectivity index (χ0n) is 13.7. The van der Waals surface area contributed by atoms with Crippen molar-refractivity contribution in [3.05, 3.63) is 59.1 Å². The number of aromatic nitrogens is 1. The van der Waals surface area contributed by atoms with Crippen LogP contribution in [0.3, 0.4) is 0 Å². The molecule has 126 valence electrons. The lowest BCUT2D eigenvalue weighted by Gasteiger charge is -2.25. The first-order valence-corrected chi connectivity index (χ1v) is 9.52. The Morgan fingerprint density at radius 2 is 2.00 bits per heavy atom. The molecule has 1 fully saturated rings. The molecule has 2 aliphatic heterocycles. The van der Waals surface area contributed by atoms with Crippen LogP contribution in [0.25, 0.3) is 10.2 Å². The Morgan fingerprint density at radius 1 is 1.16 bits per heavy atom. The minimum Gasteiger partial charge on any atom is -0.480 e. The van der Waals surface area contributed by atoms with E-state index in [-0.39, 0.29) is 11.9 Å². The van der Waals surface area contributed by atoms with Gasteiger partial charge >= 0.3 is 0 Å². The van der Waals surface area contributed by atoms with Crippen LogP contribution in [-0.2, 0) is 11.2 Å². The fraction of sp³-hybridized carbons (Fsp3) is 0.300. The van der Waals surface area contributed by atoms with Gasteiger partial charge in [0.2, 0.25) is 0 Å². The first-order chi connectivity index (χ1) is 12.3. The van der Waals surface area contributed by atoms with Gasteiger partial charge in [0.15, 0.2) is 6.10 Å². The molecule has 0 spiro atoms. The van der Waals surface area contributed by atoms with Crippen molar-refractivity contribution < 1.29 is 9.53 Å². The SMILES string of the molecule is O=C(C1Cc2ccccc2O1)N1CCCC1c1nc2ccccc2s1. The summed E-state index contributed by atoms with van der Waals surface area (Å²) in [6, 6.07) is 16.2. The zero-order valence-corrected chi connectivity index (χ0v) is 14.5. The lowest BCUT2D eigenvalue weighted by Crippen LogP contribution is -2.40. The summed E-state index contributed by atoms with van der Waals surface area (Å²) in [5.74, 6) is 0.939. The van der Waals surface area contributed by atoms with E-state index in [1.165, 1.54) is 4.70 Å². The number of para-hydroxylation sites is 2. The van der Waals surface area contributed by atoms with Gasteiger partial charge in [0.1, 0.15) is 10.8 Å². The van der Waals surface area contributed by atoms with Crippen LogP contribution < -0.4 is 4.74 Å². The number of nitrogens with zero attached hydrogens (tertiary/aromatic N) is 2. The fourth-order valence-electron chi connectivity index (χ4n) is 3.82. The maximum absolute atomic E-state index is 13.1. The summed E-state index contributed by atoms with van der Waals surface area (Å²) in [6.07, 6.45) is 2.27. The molecule has 1 amide bonds. The standard InChI is InChI=1S/C20H18N2O2S/c23-20(17-12-13-6-1-3-9-16(13)24-17)22-11-5-8-15(22)19-21-14-7-2-4-10-18(14)25-19/h1-4,6-7,9-10,15,17H,5,8,11-12H2. The number of fused-ring (bicyclic) bond motifs is 2. The highest BCUT2D eigenvalue weighted by Gasteiger charge is 2.38. The molecule has 5 rings (SSSR count). The van der Waals surface area contributed by atoms with Crippen molar-refractivity contribution in [3.8, 4) is 5.75 Å².